The van der Waals surface area contributed by atoms with E-state index in [4.69, 9.17) is 0 Å². The lowest BCUT2D eigenvalue weighted by atomic mass is 10.2. The van der Waals surface area contributed by atoms with E-state index in [9.17, 15) is 4.21 Å². The molecule has 0 radical (unpaired) electrons. The van der Waals surface area contributed by atoms with Crippen molar-refractivity contribution in [1.29, 1.82) is 0 Å². The van der Waals surface area contributed by atoms with Crippen LogP contribution < -0.4 is 10.6 Å². The number of nitrogens with one attached hydrogen (secondary N) is 2. The normalized spacial score (nSPS) is 12.3. The lowest BCUT2D eigenvalue weighted by Crippen LogP contribution is -2.39. The minimum atomic E-state index is -0.868. The van der Waals surface area contributed by atoms with E-state index in [1.165, 1.54) is 5.56 Å². The molecule has 132 valence electrons. The lowest BCUT2D eigenvalue weighted by Gasteiger charge is -2.11. The summed E-state index contributed by atoms with van der Waals surface area (Å²) in [7, 11) is -0.868. The average Bonchev–Trinajstić information content (AvgIpc) is 3.07. The molecule has 0 aliphatic carbocycles. The van der Waals surface area contributed by atoms with Crippen LogP contribution in [0.4, 0.5) is 0 Å². The third-order valence-corrected chi connectivity index (χ3v) is 5.18. The molecule has 0 saturated heterocycles. The van der Waals surface area contributed by atoms with Crippen molar-refractivity contribution in [2.24, 2.45) is 4.99 Å². The van der Waals surface area contributed by atoms with E-state index in [2.05, 4.69) is 32.5 Å². The number of guanidine groups is 1. The second-order valence-electron chi connectivity index (χ2n) is 5.03. The van der Waals surface area contributed by atoms with E-state index in [1.54, 1.807) is 11.3 Å². The Morgan fingerprint density at radius 2 is 1.96 bits per heavy atom. The molecular weight excluding hydrogens is 453 g/mol. The maximum atomic E-state index is 12.1. The van der Waals surface area contributed by atoms with Crippen molar-refractivity contribution in [1.82, 2.24) is 10.6 Å². The van der Waals surface area contributed by atoms with Gasteiger partial charge in [-0.1, -0.05) is 30.3 Å². The third-order valence-electron chi connectivity index (χ3n) is 3.14. The van der Waals surface area contributed by atoms with Crippen LogP contribution >= 0.6 is 35.3 Å². The number of aliphatic imine (C=N–C) groups is 1. The van der Waals surface area contributed by atoms with Gasteiger partial charge < -0.3 is 10.6 Å². The van der Waals surface area contributed by atoms with Gasteiger partial charge in [0.15, 0.2) is 5.96 Å². The van der Waals surface area contributed by atoms with E-state index >= 15 is 0 Å². The van der Waals surface area contributed by atoms with Crippen molar-refractivity contribution in [3.05, 3.63) is 58.3 Å². The standard InChI is InChI=1S/C17H23N3OS2.HI/c1-2-18-17(20-12-16-8-10-22-13-16)19-9-11-23(21)14-15-6-4-3-5-7-15;/h3-8,10,13H,2,9,11-12,14H2,1H3,(H2,18,19,20);1H. The number of rotatable bonds is 8. The van der Waals surface area contributed by atoms with Crippen molar-refractivity contribution >= 4 is 52.1 Å². The molecule has 2 N–H and O–H groups in total. The molecular formula is C17H24IN3OS2. The van der Waals surface area contributed by atoms with E-state index in [0.29, 0.717) is 24.6 Å². The fraction of sp³-hybridized carbons (Fsp3) is 0.353. The number of halogens is 1. The van der Waals surface area contributed by atoms with Crippen LogP contribution in [0.25, 0.3) is 0 Å². The summed E-state index contributed by atoms with van der Waals surface area (Å²) in [6.07, 6.45) is 0. The molecule has 24 heavy (non-hydrogen) atoms. The number of nitrogens with zero attached hydrogens (tertiary/aromatic N) is 1. The Bertz CT molecular complexity index is 618. The first-order valence-corrected chi connectivity index (χ1v) is 10.1. The highest BCUT2D eigenvalue weighted by atomic mass is 127. The third kappa shape index (κ3) is 8.25. The molecule has 0 aliphatic heterocycles. The van der Waals surface area contributed by atoms with Gasteiger partial charge in [0.05, 0.1) is 6.54 Å². The van der Waals surface area contributed by atoms with Gasteiger partial charge in [-0.25, -0.2) is 4.99 Å². The zero-order valence-corrected chi connectivity index (χ0v) is 17.7. The fourth-order valence-corrected chi connectivity index (χ4v) is 3.71. The van der Waals surface area contributed by atoms with Crippen LogP contribution in [0.5, 0.6) is 0 Å². The second kappa shape index (κ2) is 12.4. The fourth-order valence-electron chi connectivity index (χ4n) is 2.01. The molecule has 2 rings (SSSR count). The summed E-state index contributed by atoms with van der Waals surface area (Å²) < 4.78 is 12.1. The summed E-state index contributed by atoms with van der Waals surface area (Å²) in [5, 5.41) is 10.6. The first-order chi connectivity index (χ1) is 11.3. The van der Waals surface area contributed by atoms with Gasteiger partial charge in [0.2, 0.25) is 0 Å². The average molecular weight is 477 g/mol. The molecule has 1 aromatic carbocycles. The highest BCUT2D eigenvalue weighted by Gasteiger charge is 2.03. The summed E-state index contributed by atoms with van der Waals surface area (Å²) in [6.45, 7) is 4.15. The van der Waals surface area contributed by atoms with E-state index in [1.807, 2.05) is 37.3 Å². The number of hydrogen-bond donors (Lipinski definition) is 2. The smallest absolute Gasteiger partial charge is 0.191 e. The minimum Gasteiger partial charge on any atom is -0.357 e. The summed E-state index contributed by atoms with van der Waals surface area (Å²) in [6, 6.07) is 12.0. The van der Waals surface area contributed by atoms with Gasteiger partial charge in [-0.15, -0.1) is 24.0 Å². The summed E-state index contributed by atoms with van der Waals surface area (Å²) in [5.41, 5.74) is 2.32. The van der Waals surface area contributed by atoms with Gasteiger partial charge in [0.1, 0.15) is 0 Å². The summed E-state index contributed by atoms with van der Waals surface area (Å²) in [4.78, 5) is 4.54. The second-order valence-corrected chi connectivity index (χ2v) is 7.38. The van der Waals surface area contributed by atoms with Crippen LogP contribution in [0.15, 0.2) is 52.2 Å². The molecule has 1 atom stereocenters. The van der Waals surface area contributed by atoms with Crippen LogP contribution in [0.3, 0.4) is 0 Å². The number of thiophene rings is 1. The molecule has 0 amide bonds. The predicted molar refractivity (Wildman–Crippen MR) is 116 cm³/mol. The summed E-state index contributed by atoms with van der Waals surface area (Å²) >= 11 is 1.68. The molecule has 0 spiro atoms. The Labute approximate surface area is 167 Å². The number of hydrogen-bond acceptors (Lipinski definition) is 3. The molecule has 1 heterocycles. The van der Waals surface area contributed by atoms with Crippen molar-refractivity contribution < 1.29 is 4.21 Å². The molecule has 0 bridgehead atoms. The van der Waals surface area contributed by atoms with Crippen LogP contribution in [0, 0.1) is 0 Å². The first kappa shape index (κ1) is 21.1. The molecule has 0 fully saturated rings. The quantitative estimate of drug-likeness (QED) is 0.348. The molecule has 0 saturated carbocycles. The SMILES string of the molecule is CCNC(=NCc1ccsc1)NCCS(=O)Cc1ccccc1.I. The maximum Gasteiger partial charge on any atom is 0.191 e. The largest absolute Gasteiger partial charge is 0.357 e. The van der Waals surface area contributed by atoms with E-state index < -0.39 is 10.8 Å². The van der Waals surface area contributed by atoms with Gasteiger partial charge in [-0.05, 0) is 34.9 Å². The van der Waals surface area contributed by atoms with Crippen molar-refractivity contribution in [2.45, 2.75) is 19.2 Å². The predicted octanol–water partition coefficient (Wildman–Crippen LogP) is 3.37. The molecule has 4 nitrogen and oxygen atoms in total. The van der Waals surface area contributed by atoms with Crippen molar-refractivity contribution in [3.8, 4) is 0 Å². The molecule has 1 unspecified atom stereocenters. The molecule has 0 aliphatic rings. The maximum absolute atomic E-state index is 12.1. The zero-order chi connectivity index (χ0) is 16.3. The molecule has 2 aromatic rings. The van der Waals surface area contributed by atoms with Crippen LogP contribution in [-0.4, -0.2) is 29.0 Å². The Morgan fingerprint density at radius 3 is 2.62 bits per heavy atom. The Kier molecular flexibility index (Phi) is 10.9. The van der Waals surface area contributed by atoms with Gasteiger partial charge in [-0.2, -0.15) is 11.3 Å². The Morgan fingerprint density at radius 1 is 1.17 bits per heavy atom. The first-order valence-electron chi connectivity index (χ1n) is 7.70. The Hall–Kier alpha value is -0.930. The van der Waals surface area contributed by atoms with Crippen LogP contribution in [-0.2, 0) is 23.1 Å². The Balaban J connectivity index is 0.00000288. The molecule has 7 heteroatoms. The van der Waals surface area contributed by atoms with Gasteiger partial charge in [-0.3, -0.25) is 4.21 Å². The minimum absolute atomic E-state index is 0. The zero-order valence-electron chi connectivity index (χ0n) is 13.7. The van der Waals surface area contributed by atoms with Crippen molar-refractivity contribution in [2.75, 3.05) is 18.8 Å². The van der Waals surface area contributed by atoms with Gasteiger partial charge in [0, 0.05) is 35.4 Å². The topological polar surface area (TPSA) is 53.5 Å². The van der Waals surface area contributed by atoms with Crippen LogP contribution in [0.2, 0.25) is 0 Å². The van der Waals surface area contributed by atoms with E-state index in [0.717, 1.165) is 18.1 Å². The van der Waals surface area contributed by atoms with Crippen molar-refractivity contribution in [3.63, 3.8) is 0 Å². The number of benzene rings is 1. The van der Waals surface area contributed by atoms with Gasteiger partial charge >= 0.3 is 0 Å². The lowest BCUT2D eigenvalue weighted by molar-refractivity contribution is 0.680. The monoisotopic (exact) mass is 477 g/mol. The highest BCUT2D eigenvalue weighted by Crippen LogP contribution is 2.06. The van der Waals surface area contributed by atoms with Gasteiger partial charge in [0.25, 0.3) is 0 Å². The molecule has 1 aromatic heterocycles. The summed E-state index contributed by atoms with van der Waals surface area (Å²) in [5.74, 6) is 1.98. The van der Waals surface area contributed by atoms with Crippen LogP contribution in [0.1, 0.15) is 18.1 Å². The highest BCUT2D eigenvalue weighted by molar-refractivity contribution is 14.0. The van der Waals surface area contributed by atoms with E-state index in [-0.39, 0.29) is 24.0 Å².